The molecule has 0 radical (unpaired) electrons. The summed E-state index contributed by atoms with van der Waals surface area (Å²) in [5.41, 5.74) is 2.71. The molecule has 0 rings (SSSR count). The van der Waals surface area contributed by atoms with Gasteiger partial charge in [-0.05, 0) is 33.1 Å². The lowest BCUT2D eigenvalue weighted by atomic mass is 9.98. The third-order valence-electron chi connectivity index (χ3n) is 2.33. The first kappa shape index (κ1) is 12.6. The Morgan fingerprint density at radius 3 is 2.62 bits per heavy atom. The van der Waals surface area contributed by atoms with Crippen LogP contribution in [0.25, 0.3) is 0 Å². The van der Waals surface area contributed by atoms with E-state index in [1.165, 1.54) is 0 Å². The van der Waals surface area contributed by atoms with Crippen molar-refractivity contribution in [2.24, 2.45) is 5.84 Å². The second kappa shape index (κ2) is 6.13. The summed E-state index contributed by atoms with van der Waals surface area (Å²) in [6.07, 6.45) is 4.77. The molecular weight excluding hydrogens is 164 g/mol. The Kier molecular flexibility index (Phi) is 5.95. The minimum atomic E-state index is -0.0593. The van der Waals surface area contributed by atoms with Gasteiger partial charge in [0.05, 0.1) is 5.60 Å². The zero-order valence-corrected chi connectivity index (χ0v) is 8.97. The highest BCUT2D eigenvalue weighted by Gasteiger charge is 2.17. The van der Waals surface area contributed by atoms with Crippen LogP contribution in [0, 0.1) is 0 Å². The van der Waals surface area contributed by atoms with Crippen LogP contribution in [0.15, 0.2) is 12.7 Å². The van der Waals surface area contributed by atoms with Crippen molar-refractivity contribution in [3.05, 3.63) is 12.7 Å². The van der Waals surface area contributed by atoms with Crippen LogP contribution in [0.2, 0.25) is 0 Å². The lowest BCUT2D eigenvalue weighted by molar-refractivity contribution is 0.0118. The predicted octanol–water partition coefficient (Wildman–Crippen LogP) is 1.60. The first-order chi connectivity index (χ1) is 6.05. The van der Waals surface area contributed by atoms with Crippen LogP contribution in [0.3, 0.4) is 0 Å². The van der Waals surface area contributed by atoms with Gasteiger partial charge in [-0.3, -0.25) is 11.3 Å². The summed E-state index contributed by atoms with van der Waals surface area (Å²) >= 11 is 0. The van der Waals surface area contributed by atoms with Gasteiger partial charge in [-0.1, -0.05) is 6.08 Å². The average Bonchev–Trinajstić information content (AvgIpc) is 2.12. The van der Waals surface area contributed by atoms with Crippen molar-refractivity contribution in [1.29, 1.82) is 0 Å². The van der Waals surface area contributed by atoms with E-state index in [1.807, 2.05) is 6.08 Å². The quantitative estimate of drug-likeness (QED) is 0.361. The van der Waals surface area contributed by atoms with Gasteiger partial charge in [0, 0.05) is 13.2 Å². The molecule has 0 heterocycles. The number of methoxy groups -OCH3 is 1. The van der Waals surface area contributed by atoms with E-state index in [0.717, 1.165) is 19.3 Å². The summed E-state index contributed by atoms with van der Waals surface area (Å²) in [5.74, 6) is 5.39. The Labute approximate surface area is 81.3 Å². The normalized spacial score (nSPS) is 14.2. The molecule has 3 N–H and O–H groups in total. The van der Waals surface area contributed by atoms with Crippen molar-refractivity contribution in [3.63, 3.8) is 0 Å². The number of hydrazine groups is 1. The Balaban J connectivity index is 3.76. The van der Waals surface area contributed by atoms with E-state index in [0.29, 0.717) is 6.04 Å². The first-order valence-corrected chi connectivity index (χ1v) is 4.68. The van der Waals surface area contributed by atoms with Gasteiger partial charge in [0.1, 0.15) is 0 Å². The lowest BCUT2D eigenvalue weighted by Gasteiger charge is -2.25. The summed E-state index contributed by atoms with van der Waals surface area (Å²) in [4.78, 5) is 0. The van der Waals surface area contributed by atoms with E-state index >= 15 is 0 Å². The second-order valence-electron chi connectivity index (χ2n) is 3.89. The molecule has 13 heavy (non-hydrogen) atoms. The van der Waals surface area contributed by atoms with Crippen LogP contribution in [0.4, 0.5) is 0 Å². The van der Waals surface area contributed by atoms with Crippen molar-refractivity contribution < 1.29 is 4.74 Å². The van der Waals surface area contributed by atoms with Gasteiger partial charge in [-0.2, -0.15) is 0 Å². The molecule has 3 nitrogen and oxygen atoms in total. The Morgan fingerprint density at radius 2 is 2.23 bits per heavy atom. The molecule has 0 aromatic rings. The Bertz CT molecular complexity index is 146. The van der Waals surface area contributed by atoms with E-state index in [-0.39, 0.29) is 5.60 Å². The predicted molar refractivity (Wildman–Crippen MR) is 56.2 cm³/mol. The van der Waals surface area contributed by atoms with Crippen molar-refractivity contribution in [3.8, 4) is 0 Å². The fourth-order valence-electron chi connectivity index (χ4n) is 1.09. The largest absolute Gasteiger partial charge is 0.379 e. The summed E-state index contributed by atoms with van der Waals surface area (Å²) in [6, 6.07) is 0.312. The summed E-state index contributed by atoms with van der Waals surface area (Å²) in [5, 5.41) is 0. The van der Waals surface area contributed by atoms with Gasteiger partial charge in [0.2, 0.25) is 0 Å². The molecule has 0 spiro atoms. The number of ether oxygens (including phenoxy) is 1. The van der Waals surface area contributed by atoms with Crippen molar-refractivity contribution >= 4 is 0 Å². The van der Waals surface area contributed by atoms with Crippen molar-refractivity contribution in [2.75, 3.05) is 7.11 Å². The second-order valence-corrected chi connectivity index (χ2v) is 3.89. The van der Waals surface area contributed by atoms with Crippen LogP contribution >= 0.6 is 0 Å². The van der Waals surface area contributed by atoms with Crippen LogP contribution in [-0.4, -0.2) is 18.8 Å². The highest BCUT2D eigenvalue weighted by Crippen LogP contribution is 2.17. The standard InChI is InChI=1S/C10H22N2O/c1-5-6-9(12-11)7-8-10(2,3)13-4/h5,9,12H,1,6-8,11H2,2-4H3. The molecule has 0 aliphatic heterocycles. The maximum Gasteiger partial charge on any atom is 0.0623 e. The summed E-state index contributed by atoms with van der Waals surface area (Å²) in [6.45, 7) is 7.84. The fraction of sp³-hybridized carbons (Fsp3) is 0.800. The third kappa shape index (κ3) is 5.80. The van der Waals surface area contributed by atoms with Crippen LogP contribution < -0.4 is 11.3 Å². The molecule has 0 amide bonds. The van der Waals surface area contributed by atoms with Gasteiger partial charge < -0.3 is 4.74 Å². The van der Waals surface area contributed by atoms with Crippen LogP contribution in [-0.2, 0) is 4.74 Å². The van der Waals surface area contributed by atoms with Crippen molar-refractivity contribution in [1.82, 2.24) is 5.43 Å². The molecule has 0 bridgehead atoms. The molecular formula is C10H22N2O. The summed E-state index contributed by atoms with van der Waals surface area (Å²) < 4.78 is 5.32. The SMILES string of the molecule is C=CCC(CCC(C)(C)OC)NN. The van der Waals surface area contributed by atoms with Gasteiger partial charge in [0.25, 0.3) is 0 Å². The molecule has 0 saturated carbocycles. The average molecular weight is 186 g/mol. The first-order valence-electron chi connectivity index (χ1n) is 4.68. The maximum atomic E-state index is 5.39. The van der Waals surface area contributed by atoms with Gasteiger partial charge in [0.15, 0.2) is 0 Å². The lowest BCUT2D eigenvalue weighted by Crippen LogP contribution is -2.36. The number of nitrogens with two attached hydrogens (primary N) is 1. The topological polar surface area (TPSA) is 47.3 Å². The van der Waals surface area contributed by atoms with Gasteiger partial charge in [-0.15, -0.1) is 6.58 Å². The van der Waals surface area contributed by atoms with E-state index in [1.54, 1.807) is 7.11 Å². The number of hydrogen-bond donors (Lipinski definition) is 2. The van der Waals surface area contributed by atoms with E-state index in [4.69, 9.17) is 10.6 Å². The molecule has 1 atom stereocenters. The summed E-state index contributed by atoms with van der Waals surface area (Å²) in [7, 11) is 1.73. The van der Waals surface area contributed by atoms with Gasteiger partial charge >= 0.3 is 0 Å². The Hall–Kier alpha value is -0.380. The fourth-order valence-corrected chi connectivity index (χ4v) is 1.09. The molecule has 0 saturated heterocycles. The Morgan fingerprint density at radius 1 is 1.62 bits per heavy atom. The highest BCUT2D eigenvalue weighted by atomic mass is 16.5. The van der Waals surface area contributed by atoms with E-state index < -0.39 is 0 Å². The zero-order chi connectivity index (χ0) is 10.3. The van der Waals surface area contributed by atoms with Crippen molar-refractivity contribution in [2.45, 2.75) is 44.8 Å². The molecule has 0 aliphatic carbocycles. The molecule has 0 aliphatic rings. The number of nitrogens with one attached hydrogen (secondary N) is 1. The molecule has 0 aromatic heterocycles. The molecule has 1 unspecified atom stereocenters. The highest BCUT2D eigenvalue weighted by molar-refractivity contribution is 4.79. The molecule has 3 heteroatoms. The number of hydrogen-bond acceptors (Lipinski definition) is 3. The minimum absolute atomic E-state index is 0.0593. The molecule has 0 fully saturated rings. The van der Waals surface area contributed by atoms with Gasteiger partial charge in [-0.25, -0.2) is 0 Å². The third-order valence-corrected chi connectivity index (χ3v) is 2.33. The van der Waals surface area contributed by atoms with E-state index in [9.17, 15) is 0 Å². The monoisotopic (exact) mass is 186 g/mol. The van der Waals surface area contributed by atoms with E-state index in [2.05, 4.69) is 25.9 Å². The minimum Gasteiger partial charge on any atom is -0.379 e. The molecule has 78 valence electrons. The molecule has 0 aromatic carbocycles. The van der Waals surface area contributed by atoms with Crippen LogP contribution in [0.5, 0.6) is 0 Å². The zero-order valence-electron chi connectivity index (χ0n) is 8.97. The number of rotatable bonds is 7. The smallest absolute Gasteiger partial charge is 0.0623 e. The maximum absolute atomic E-state index is 5.39. The van der Waals surface area contributed by atoms with Crippen LogP contribution in [0.1, 0.15) is 33.1 Å².